The minimum Gasteiger partial charge on any atom is -0.336 e. The van der Waals surface area contributed by atoms with Gasteiger partial charge in [0.25, 0.3) is 0 Å². The predicted octanol–water partition coefficient (Wildman–Crippen LogP) is 3.68. The van der Waals surface area contributed by atoms with Gasteiger partial charge in [0.2, 0.25) is 5.91 Å². The van der Waals surface area contributed by atoms with E-state index >= 15 is 0 Å². The first-order chi connectivity index (χ1) is 11.5. The van der Waals surface area contributed by atoms with Crippen molar-refractivity contribution in [3.8, 4) is 0 Å². The Kier molecular flexibility index (Phi) is 7.35. The minimum atomic E-state index is 0.186. The van der Waals surface area contributed by atoms with Gasteiger partial charge < -0.3 is 9.80 Å². The fraction of sp³-hybridized carbons (Fsp3) is 0.350. The highest BCUT2D eigenvalue weighted by Crippen LogP contribution is 2.19. The molecule has 0 saturated carbocycles. The summed E-state index contributed by atoms with van der Waals surface area (Å²) < 4.78 is 0. The number of carbonyl (C=O) groups is 1. The molecule has 2 aromatic rings. The summed E-state index contributed by atoms with van der Waals surface area (Å²) in [5.74, 6) is 0.662. The van der Waals surface area contributed by atoms with Gasteiger partial charge >= 0.3 is 0 Å². The van der Waals surface area contributed by atoms with E-state index < -0.39 is 0 Å². The van der Waals surface area contributed by atoms with Gasteiger partial charge in [-0.25, -0.2) is 0 Å². The summed E-state index contributed by atoms with van der Waals surface area (Å²) in [6.45, 7) is 4.35. The fourth-order valence-electron chi connectivity index (χ4n) is 2.29. The van der Waals surface area contributed by atoms with Crippen LogP contribution in [-0.4, -0.2) is 48.6 Å². The quantitative estimate of drug-likeness (QED) is 0.684. The van der Waals surface area contributed by atoms with Crippen molar-refractivity contribution < 1.29 is 4.79 Å². The topological polar surface area (TPSA) is 23.6 Å². The summed E-state index contributed by atoms with van der Waals surface area (Å²) in [5.41, 5.74) is 2.41. The van der Waals surface area contributed by atoms with Crippen molar-refractivity contribution in [3.05, 3.63) is 65.7 Å². The Labute approximate surface area is 149 Å². The van der Waals surface area contributed by atoms with Gasteiger partial charge in [-0.3, -0.25) is 4.79 Å². The van der Waals surface area contributed by atoms with E-state index in [9.17, 15) is 4.79 Å². The van der Waals surface area contributed by atoms with Crippen LogP contribution in [0.25, 0.3) is 0 Å². The van der Waals surface area contributed by atoms with Crippen LogP contribution in [0.4, 0.5) is 0 Å². The van der Waals surface area contributed by atoms with E-state index in [1.165, 1.54) is 11.1 Å². The van der Waals surface area contributed by atoms with E-state index in [4.69, 9.17) is 0 Å². The number of likely N-dealkylation sites (N-methyl/N-ethyl adjacent to an activating group) is 1. The van der Waals surface area contributed by atoms with E-state index in [0.717, 1.165) is 18.0 Å². The standard InChI is InChI=1S/C20H26N2OS/c1-17-9-11-19(12-10-17)24-16-20(23)22(14-13-21(2)3)15-18-7-5-4-6-8-18/h4-12H,13-16H2,1-3H3. The molecule has 0 spiro atoms. The van der Waals surface area contributed by atoms with Gasteiger partial charge in [0.1, 0.15) is 0 Å². The monoisotopic (exact) mass is 342 g/mol. The molecule has 4 heteroatoms. The average molecular weight is 343 g/mol. The zero-order valence-electron chi connectivity index (χ0n) is 14.7. The first-order valence-corrected chi connectivity index (χ1v) is 9.19. The minimum absolute atomic E-state index is 0.186. The maximum absolute atomic E-state index is 12.7. The van der Waals surface area contributed by atoms with E-state index in [1.54, 1.807) is 11.8 Å². The Bertz CT molecular complexity index is 626. The Balaban J connectivity index is 1.96. The highest BCUT2D eigenvalue weighted by Gasteiger charge is 2.14. The van der Waals surface area contributed by atoms with Crippen molar-refractivity contribution >= 4 is 17.7 Å². The molecular weight excluding hydrogens is 316 g/mol. The number of benzene rings is 2. The van der Waals surface area contributed by atoms with Crippen molar-refractivity contribution in [2.45, 2.75) is 18.4 Å². The Hall–Kier alpha value is -1.78. The lowest BCUT2D eigenvalue weighted by Gasteiger charge is -2.24. The molecular formula is C20H26N2OS. The lowest BCUT2D eigenvalue weighted by Crippen LogP contribution is -2.37. The van der Waals surface area contributed by atoms with Crippen molar-refractivity contribution in [3.63, 3.8) is 0 Å². The largest absolute Gasteiger partial charge is 0.336 e. The van der Waals surface area contributed by atoms with Gasteiger partial charge in [0.05, 0.1) is 5.75 Å². The first kappa shape index (κ1) is 18.6. The molecule has 0 fully saturated rings. The molecule has 1 amide bonds. The van der Waals surface area contributed by atoms with Crippen LogP contribution in [0.3, 0.4) is 0 Å². The molecule has 128 valence electrons. The summed E-state index contributed by atoms with van der Waals surface area (Å²) in [5, 5.41) is 0. The van der Waals surface area contributed by atoms with Crippen molar-refractivity contribution in [1.29, 1.82) is 0 Å². The van der Waals surface area contributed by atoms with Crippen molar-refractivity contribution in [1.82, 2.24) is 9.80 Å². The predicted molar refractivity (Wildman–Crippen MR) is 102 cm³/mol. The molecule has 0 unspecified atom stereocenters. The number of hydrogen-bond donors (Lipinski definition) is 0. The fourth-order valence-corrected chi connectivity index (χ4v) is 3.09. The maximum Gasteiger partial charge on any atom is 0.233 e. The van der Waals surface area contributed by atoms with Crippen LogP contribution in [0.2, 0.25) is 0 Å². The molecule has 0 aliphatic carbocycles. The number of rotatable bonds is 8. The molecule has 0 radical (unpaired) electrons. The molecule has 0 aliphatic rings. The molecule has 0 atom stereocenters. The molecule has 0 saturated heterocycles. The highest BCUT2D eigenvalue weighted by molar-refractivity contribution is 8.00. The van der Waals surface area contributed by atoms with Gasteiger partial charge in [0.15, 0.2) is 0 Å². The van der Waals surface area contributed by atoms with E-state index in [2.05, 4.69) is 48.2 Å². The second-order valence-electron chi connectivity index (χ2n) is 6.21. The zero-order valence-corrected chi connectivity index (χ0v) is 15.6. The Morgan fingerprint density at radius 3 is 2.25 bits per heavy atom. The molecule has 3 nitrogen and oxygen atoms in total. The smallest absolute Gasteiger partial charge is 0.233 e. The molecule has 0 aromatic heterocycles. The lowest BCUT2D eigenvalue weighted by molar-refractivity contribution is -0.129. The van der Waals surface area contributed by atoms with E-state index in [-0.39, 0.29) is 5.91 Å². The van der Waals surface area contributed by atoms with Gasteiger partial charge in [-0.2, -0.15) is 0 Å². The van der Waals surface area contributed by atoms with Crippen LogP contribution in [0.1, 0.15) is 11.1 Å². The number of thioether (sulfide) groups is 1. The summed E-state index contributed by atoms with van der Waals surface area (Å²) in [4.78, 5) is 17.9. The summed E-state index contributed by atoms with van der Waals surface area (Å²) in [6, 6.07) is 18.5. The SMILES string of the molecule is Cc1ccc(SCC(=O)N(CCN(C)C)Cc2ccccc2)cc1. The summed E-state index contributed by atoms with van der Waals surface area (Å²) in [7, 11) is 4.07. The van der Waals surface area contributed by atoms with E-state index in [0.29, 0.717) is 12.3 Å². The molecule has 0 bridgehead atoms. The lowest BCUT2D eigenvalue weighted by atomic mass is 10.2. The van der Waals surface area contributed by atoms with Gasteiger partial charge in [-0.05, 0) is 38.7 Å². The van der Waals surface area contributed by atoms with Crippen molar-refractivity contribution in [2.24, 2.45) is 0 Å². The number of hydrogen-bond acceptors (Lipinski definition) is 3. The van der Waals surface area contributed by atoms with Crippen molar-refractivity contribution in [2.75, 3.05) is 32.9 Å². The number of amides is 1. The number of carbonyl (C=O) groups excluding carboxylic acids is 1. The average Bonchev–Trinajstić information content (AvgIpc) is 2.58. The molecule has 24 heavy (non-hydrogen) atoms. The maximum atomic E-state index is 12.7. The molecule has 0 aliphatic heterocycles. The third kappa shape index (κ3) is 6.38. The molecule has 2 aromatic carbocycles. The van der Waals surface area contributed by atoms with Gasteiger partial charge in [0, 0.05) is 24.5 Å². The summed E-state index contributed by atoms with van der Waals surface area (Å²) in [6.07, 6.45) is 0. The third-order valence-corrected chi connectivity index (χ3v) is 4.77. The normalized spacial score (nSPS) is 10.8. The highest BCUT2D eigenvalue weighted by atomic mass is 32.2. The van der Waals surface area contributed by atoms with Crippen LogP contribution >= 0.6 is 11.8 Å². The van der Waals surface area contributed by atoms with Crippen LogP contribution in [-0.2, 0) is 11.3 Å². The molecule has 0 heterocycles. The molecule has 2 rings (SSSR count). The number of nitrogens with zero attached hydrogens (tertiary/aromatic N) is 2. The summed E-state index contributed by atoms with van der Waals surface area (Å²) >= 11 is 1.61. The number of aryl methyl sites for hydroxylation is 1. The Morgan fingerprint density at radius 1 is 0.958 bits per heavy atom. The second kappa shape index (κ2) is 9.50. The van der Waals surface area contributed by atoms with Gasteiger partial charge in [-0.1, -0.05) is 48.0 Å². The van der Waals surface area contributed by atoms with Crippen LogP contribution in [0.15, 0.2) is 59.5 Å². The third-order valence-electron chi connectivity index (χ3n) is 3.77. The van der Waals surface area contributed by atoms with Crippen LogP contribution in [0.5, 0.6) is 0 Å². The first-order valence-electron chi connectivity index (χ1n) is 8.20. The van der Waals surface area contributed by atoms with Crippen LogP contribution < -0.4 is 0 Å². The van der Waals surface area contributed by atoms with Gasteiger partial charge in [-0.15, -0.1) is 11.8 Å². The molecule has 0 N–H and O–H groups in total. The second-order valence-corrected chi connectivity index (χ2v) is 7.25. The zero-order chi connectivity index (χ0) is 17.4. The van der Waals surface area contributed by atoms with Crippen LogP contribution in [0, 0.1) is 6.92 Å². The Morgan fingerprint density at radius 2 is 1.62 bits per heavy atom. The van der Waals surface area contributed by atoms with E-state index in [1.807, 2.05) is 37.2 Å².